The molecule has 1 aliphatic rings. The van der Waals surface area contributed by atoms with E-state index in [0.29, 0.717) is 17.0 Å². The maximum absolute atomic E-state index is 6.17. The molecule has 1 aliphatic heterocycles. The normalized spacial score (nSPS) is 24.6. The summed E-state index contributed by atoms with van der Waals surface area (Å²) in [6, 6.07) is 6.06. The van der Waals surface area contributed by atoms with E-state index in [2.05, 4.69) is 13.0 Å². The lowest BCUT2D eigenvalue weighted by molar-refractivity contribution is -0.00249. The number of ether oxygens (including phenoxy) is 2. The molecule has 2 atom stereocenters. The molecule has 2 nitrogen and oxygen atoms in total. The molecule has 1 unspecified atom stereocenters. The van der Waals surface area contributed by atoms with Crippen molar-refractivity contribution >= 4 is 11.6 Å². The number of methoxy groups -OCH3 is 1. The molecule has 94 valence electrons. The predicted molar refractivity (Wildman–Crippen MR) is 70.0 cm³/mol. The fourth-order valence-electron chi connectivity index (χ4n) is 2.54. The lowest BCUT2D eigenvalue weighted by atomic mass is 9.86. The molecule has 1 saturated heterocycles. The van der Waals surface area contributed by atoms with Crippen LogP contribution in [0.25, 0.3) is 0 Å². The Balaban J connectivity index is 2.23. The number of hydrogen-bond acceptors (Lipinski definition) is 2. The Bertz CT molecular complexity index is 378. The zero-order chi connectivity index (χ0) is 12.3. The number of rotatable bonds is 3. The smallest absolute Gasteiger partial charge is 0.137 e. The molecule has 0 saturated carbocycles. The quantitative estimate of drug-likeness (QED) is 0.811. The summed E-state index contributed by atoms with van der Waals surface area (Å²) in [4.78, 5) is 0. The van der Waals surface area contributed by atoms with E-state index in [1.165, 1.54) is 12.0 Å². The molecule has 2 rings (SSSR count). The minimum Gasteiger partial charge on any atom is -0.495 e. The molecule has 0 amide bonds. The van der Waals surface area contributed by atoms with Crippen LogP contribution in [0.3, 0.4) is 0 Å². The highest BCUT2D eigenvalue weighted by atomic mass is 35.5. The van der Waals surface area contributed by atoms with Crippen LogP contribution in [0.5, 0.6) is 5.75 Å². The van der Waals surface area contributed by atoms with Crippen LogP contribution in [0.4, 0.5) is 0 Å². The Morgan fingerprint density at radius 3 is 2.94 bits per heavy atom. The lowest BCUT2D eigenvalue weighted by Gasteiger charge is -2.31. The van der Waals surface area contributed by atoms with Gasteiger partial charge < -0.3 is 9.47 Å². The van der Waals surface area contributed by atoms with E-state index in [1.807, 2.05) is 12.1 Å². The second-order valence-corrected chi connectivity index (χ2v) is 4.87. The van der Waals surface area contributed by atoms with E-state index in [0.717, 1.165) is 25.2 Å². The highest BCUT2D eigenvalue weighted by molar-refractivity contribution is 6.32. The molecule has 0 spiro atoms. The van der Waals surface area contributed by atoms with Crippen molar-refractivity contribution in [2.24, 2.45) is 0 Å². The number of hydrogen-bond donors (Lipinski definition) is 0. The van der Waals surface area contributed by atoms with Gasteiger partial charge in [-0.15, -0.1) is 0 Å². The summed E-state index contributed by atoms with van der Waals surface area (Å²) in [7, 11) is 1.64. The second kappa shape index (κ2) is 5.74. The van der Waals surface area contributed by atoms with Gasteiger partial charge in [-0.05, 0) is 37.0 Å². The van der Waals surface area contributed by atoms with Gasteiger partial charge in [-0.3, -0.25) is 0 Å². The summed E-state index contributed by atoms with van der Waals surface area (Å²) in [5.74, 6) is 1.21. The minimum absolute atomic E-state index is 0.327. The van der Waals surface area contributed by atoms with Crippen LogP contribution in [0, 0.1) is 0 Å². The molecule has 0 bridgehead atoms. The van der Waals surface area contributed by atoms with Gasteiger partial charge in [0.05, 0.1) is 18.2 Å². The van der Waals surface area contributed by atoms with E-state index in [4.69, 9.17) is 21.1 Å². The average Bonchev–Trinajstić information content (AvgIpc) is 2.38. The maximum Gasteiger partial charge on any atom is 0.137 e. The van der Waals surface area contributed by atoms with Crippen molar-refractivity contribution in [1.82, 2.24) is 0 Å². The van der Waals surface area contributed by atoms with Gasteiger partial charge in [-0.25, -0.2) is 0 Å². The minimum atomic E-state index is 0.327. The van der Waals surface area contributed by atoms with Crippen LogP contribution in [0.1, 0.15) is 37.7 Å². The molecule has 0 N–H and O–H groups in total. The lowest BCUT2D eigenvalue weighted by Crippen LogP contribution is -2.27. The van der Waals surface area contributed by atoms with Crippen molar-refractivity contribution in [2.45, 2.75) is 38.2 Å². The molecule has 1 heterocycles. The van der Waals surface area contributed by atoms with Crippen LogP contribution in [0.15, 0.2) is 18.2 Å². The second-order valence-electron chi connectivity index (χ2n) is 4.46. The van der Waals surface area contributed by atoms with Gasteiger partial charge in [0.2, 0.25) is 0 Å². The topological polar surface area (TPSA) is 18.5 Å². The van der Waals surface area contributed by atoms with Crippen molar-refractivity contribution in [3.05, 3.63) is 28.8 Å². The van der Waals surface area contributed by atoms with Crippen LogP contribution in [-0.2, 0) is 4.74 Å². The highest BCUT2D eigenvalue weighted by Crippen LogP contribution is 2.35. The SMILES string of the molecule is CCC1OCCC[C@H]1c1ccc(OC)c(Cl)c1. The van der Waals surface area contributed by atoms with Crippen molar-refractivity contribution in [2.75, 3.05) is 13.7 Å². The van der Waals surface area contributed by atoms with Crippen molar-refractivity contribution in [1.29, 1.82) is 0 Å². The van der Waals surface area contributed by atoms with Crippen LogP contribution >= 0.6 is 11.6 Å². The Morgan fingerprint density at radius 1 is 1.47 bits per heavy atom. The van der Waals surface area contributed by atoms with E-state index in [1.54, 1.807) is 7.11 Å². The fourth-order valence-corrected chi connectivity index (χ4v) is 2.80. The molecule has 3 heteroatoms. The molecular weight excluding hydrogens is 236 g/mol. The standard InChI is InChI=1S/C14H19ClO2/c1-3-13-11(5-4-8-17-13)10-6-7-14(16-2)12(15)9-10/h6-7,9,11,13H,3-5,8H2,1-2H3/t11-,13?/m0/s1. The Kier molecular flexibility index (Phi) is 4.30. The zero-order valence-electron chi connectivity index (χ0n) is 10.4. The Labute approximate surface area is 108 Å². The van der Waals surface area contributed by atoms with Crippen molar-refractivity contribution in [3.8, 4) is 5.75 Å². The van der Waals surface area contributed by atoms with Crippen LogP contribution in [0.2, 0.25) is 5.02 Å². The van der Waals surface area contributed by atoms with Crippen LogP contribution < -0.4 is 4.74 Å². The fraction of sp³-hybridized carbons (Fsp3) is 0.571. The molecule has 1 aromatic rings. The first-order valence-electron chi connectivity index (χ1n) is 6.21. The molecule has 17 heavy (non-hydrogen) atoms. The third kappa shape index (κ3) is 2.75. The number of halogens is 1. The largest absolute Gasteiger partial charge is 0.495 e. The van der Waals surface area contributed by atoms with Gasteiger partial charge in [0.15, 0.2) is 0 Å². The van der Waals surface area contributed by atoms with E-state index >= 15 is 0 Å². The van der Waals surface area contributed by atoms with E-state index in [-0.39, 0.29) is 0 Å². The number of benzene rings is 1. The van der Waals surface area contributed by atoms with Gasteiger partial charge in [0.1, 0.15) is 5.75 Å². The summed E-state index contributed by atoms with van der Waals surface area (Å²) < 4.78 is 11.0. The first-order chi connectivity index (χ1) is 8.26. The molecule has 0 radical (unpaired) electrons. The first kappa shape index (κ1) is 12.7. The summed E-state index contributed by atoms with van der Waals surface area (Å²) in [6.07, 6.45) is 3.69. The summed E-state index contributed by atoms with van der Waals surface area (Å²) in [6.45, 7) is 3.06. The van der Waals surface area contributed by atoms with Gasteiger partial charge in [0.25, 0.3) is 0 Å². The van der Waals surface area contributed by atoms with E-state index < -0.39 is 0 Å². The van der Waals surface area contributed by atoms with Crippen molar-refractivity contribution < 1.29 is 9.47 Å². The van der Waals surface area contributed by atoms with Gasteiger partial charge in [-0.1, -0.05) is 24.6 Å². The first-order valence-corrected chi connectivity index (χ1v) is 6.59. The Morgan fingerprint density at radius 2 is 2.29 bits per heavy atom. The zero-order valence-corrected chi connectivity index (χ0v) is 11.2. The monoisotopic (exact) mass is 254 g/mol. The van der Waals surface area contributed by atoms with E-state index in [9.17, 15) is 0 Å². The predicted octanol–water partition coefficient (Wildman–Crippen LogP) is 4.02. The van der Waals surface area contributed by atoms with Gasteiger partial charge in [-0.2, -0.15) is 0 Å². The summed E-state index contributed by atoms with van der Waals surface area (Å²) >= 11 is 6.17. The van der Waals surface area contributed by atoms with Gasteiger partial charge >= 0.3 is 0 Å². The third-order valence-electron chi connectivity index (χ3n) is 3.45. The highest BCUT2D eigenvalue weighted by Gasteiger charge is 2.26. The van der Waals surface area contributed by atoms with Crippen molar-refractivity contribution in [3.63, 3.8) is 0 Å². The molecular formula is C14H19ClO2. The molecule has 1 fully saturated rings. The Hall–Kier alpha value is -0.730. The molecule has 1 aromatic carbocycles. The maximum atomic E-state index is 6.17. The summed E-state index contributed by atoms with van der Waals surface area (Å²) in [5, 5.41) is 0.686. The average molecular weight is 255 g/mol. The third-order valence-corrected chi connectivity index (χ3v) is 3.74. The van der Waals surface area contributed by atoms with Gasteiger partial charge in [0, 0.05) is 12.5 Å². The summed E-state index contributed by atoms with van der Waals surface area (Å²) in [5.41, 5.74) is 1.27. The molecule has 0 aromatic heterocycles. The van der Waals surface area contributed by atoms with Crippen LogP contribution in [-0.4, -0.2) is 19.8 Å². The molecule has 0 aliphatic carbocycles.